The molecule has 3 rings (SSSR count). The summed E-state index contributed by atoms with van der Waals surface area (Å²) in [4.78, 5) is 23.1. The van der Waals surface area contributed by atoms with Crippen molar-refractivity contribution in [3.63, 3.8) is 0 Å². The number of carbonyl (C=O) groups is 1. The van der Waals surface area contributed by atoms with Crippen molar-refractivity contribution in [3.05, 3.63) is 54.5 Å². The Morgan fingerprint density at radius 1 is 1.07 bits per heavy atom. The molecule has 2 aromatic rings. The van der Waals surface area contributed by atoms with Gasteiger partial charge < -0.3 is 24.4 Å². The van der Waals surface area contributed by atoms with Crippen LogP contribution in [0, 0.1) is 0 Å². The molecule has 1 aliphatic heterocycles. The third kappa shape index (κ3) is 5.76. The maximum absolute atomic E-state index is 12.4. The van der Waals surface area contributed by atoms with Crippen molar-refractivity contribution in [3.8, 4) is 0 Å². The third-order valence-corrected chi connectivity index (χ3v) is 5.21. The Morgan fingerprint density at radius 3 is 2.45 bits per heavy atom. The summed E-state index contributed by atoms with van der Waals surface area (Å²) in [6.45, 7) is 4.79. The molecule has 7 nitrogen and oxygen atoms in total. The van der Waals surface area contributed by atoms with Crippen LogP contribution in [0.5, 0.6) is 0 Å². The molecule has 0 unspecified atom stereocenters. The predicted molar refractivity (Wildman–Crippen MR) is 116 cm³/mol. The smallest absolute Gasteiger partial charge is 0.289 e. The second kappa shape index (κ2) is 10.5. The summed E-state index contributed by atoms with van der Waals surface area (Å²) in [5, 5.41) is 3.46. The Bertz CT molecular complexity index is 768. The minimum atomic E-state index is -0.0415. The average Bonchev–Trinajstić information content (AvgIpc) is 3.31. The number of amides is 1. The molecule has 0 atom stereocenters. The van der Waals surface area contributed by atoms with Crippen LogP contribution in [-0.2, 0) is 0 Å². The van der Waals surface area contributed by atoms with Crippen LogP contribution >= 0.6 is 0 Å². The maximum Gasteiger partial charge on any atom is 0.289 e. The highest BCUT2D eigenvalue weighted by molar-refractivity contribution is 5.91. The predicted octanol–water partition coefficient (Wildman–Crippen LogP) is 2.53. The van der Waals surface area contributed by atoms with Gasteiger partial charge in [0.15, 0.2) is 11.7 Å². The largest absolute Gasteiger partial charge is 0.459 e. The van der Waals surface area contributed by atoms with Gasteiger partial charge in [0.25, 0.3) is 5.91 Å². The molecule has 1 aliphatic rings. The van der Waals surface area contributed by atoms with Gasteiger partial charge >= 0.3 is 0 Å². The molecule has 1 amide bonds. The van der Waals surface area contributed by atoms with Gasteiger partial charge in [-0.3, -0.25) is 9.79 Å². The summed E-state index contributed by atoms with van der Waals surface area (Å²) in [6, 6.07) is 13.9. The number of furan rings is 1. The van der Waals surface area contributed by atoms with Crippen molar-refractivity contribution >= 4 is 17.6 Å². The number of unbranched alkanes of at least 4 members (excludes halogenated alkanes) is 1. The molecule has 0 bridgehead atoms. The zero-order valence-electron chi connectivity index (χ0n) is 17.4. The van der Waals surface area contributed by atoms with Crippen molar-refractivity contribution in [2.24, 2.45) is 4.99 Å². The Balaban J connectivity index is 1.35. The van der Waals surface area contributed by atoms with E-state index in [1.807, 2.05) is 18.0 Å². The van der Waals surface area contributed by atoms with Gasteiger partial charge in [-0.2, -0.15) is 0 Å². The fourth-order valence-corrected chi connectivity index (χ4v) is 3.50. The Kier molecular flexibility index (Phi) is 7.55. The highest BCUT2D eigenvalue weighted by atomic mass is 16.3. The molecule has 1 N–H and O–H groups in total. The van der Waals surface area contributed by atoms with Crippen LogP contribution in [0.25, 0.3) is 0 Å². The zero-order chi connectivity index (χ0) is 20.5. The molecule has 2 heterocycles. The van der Waals surface area contributed by atoms with Gasteiger partial charge in [-0.15, -0.1) is 0 Å². The van der Waals surface area contributed by atoms with E-state index in [1.165, 1.54) is 12.0 Å². The molecular formula is C22H31N5O2. The number of para-hydroxylation sites is 1. The lowest BCUT2D eigenvalue weighted by atomic mass is 10.2. The molecule has 0 radical (unpaired) electrons. The average molecular weight is 398 g/mol. The van der Waals surface area contributed by atoms with Crippen LogP contribution in [0.2, 0.25) is 0 Å². The zero-order valence-corrected chi connectivity index (χ0v) is 17.4. The SMILES string of the molecule is CN=C(NCCCCN(C)c1ccccc1)N1CCN(C(=O)c2ccco2)CC1. The van der Waals surface area contributed by atoms with Crippen molar-refractivity contribution in [2.45, 2.75) is 12.8 Å². The number of carbonyl (C=O) groups excluding carboxylic acids is 1. The van der Waals surface area contributed by atoms with Gasteiger partial charge in [0.1, 0.15) is 0 Å². The summed E-state index contributed by atoms with van der Waals surface area (Å²) in [7, 11) is 3.94. The second-order valence-corrected chi connectivity index (χ2v) is 7.19. The fourth-order valence-electron chi connectivity index (χ4n) is 3.50. The number of rotatable bonds is 7. The second-order valence-electron chi connectivity index (χ2n) is 7.19. The number of benzene rings is 1. The van der Waals surface area contributed by atoms with E-state index < -0.39 is 0 Å². The number of nitrogens with zero attached hydrogens (tertiary/aromatic N) is 4. The minimum absolute atomic E-state index is 0.0415. The summed E-state index contributed by atoms with van der Waals surface area (Å²) < 4.78 is 5.22. The van der Waals surface area contributed by atoms with E-state index in [4.69, 9.17) is 4.42 Å². The number of hydrogen-bond donors (Lipinski definition) is 1. The van der Waals surface area contributed by atoms with Crippen LogP contribution < -0.4 is 10.2 Å². The van der Waals surface area contributed by atoms with E-state index in [0.717, 1.165) is 45.0 Å². The van der Waals surface area contributed by atoms with Gasteiger partial charge in [-0.05, 0) is 37.1 Å². The normalized spacial score (nSPS) is 14.8. The molecule has 0 aliphatic carbocycles. The molecule has 1 fully saturated rings. The minimum Gasteiger partial charge on any atom is -0.459 e. The van der Waals surface area contributed by atoms with E-state index >= 15 is 0 Å². The van der Waals surface area contributed by atoms with Crippen LogP contribution in [-0.4, -0.2) is 75.0 Å². The van der Waals surface area contributed by atoms with Crippen molar-refractivity contribution in [1.82, 2.24) is 15.1 Å². The van der Waals surface area contributed by atoms with Gasteiger partial charge in [-0.25, -0.2) is 0 Å². The molecule has 0 spiro atoms. The van der Waals surface area contributed by atoms with E-state index in [9.17, 15) is 4.79 Å². The lowest BCUT2D eigenvalue weighted by Crippen LogP contribution is -2.53. The lowest BCUT2D eigenvalue weighted by Gasteiger charge is -2.36. The Labute approximate surface area is 173 Å². The molecule has 0 saturated carbocycles. The highest BCUT2D eigenvalue weighted by Crippen LogP contribution is 2.12. The standard InChI is InChI=1S/C22H31N5O2/c1-23-22(24-12-6-7-13-25(2)19-9-4-3-5-10-19)27-16-14-26(15-17-27)21(28)20-11-8-18-29-20/h3-5,8-11,18H,6-7,12-17H2,1-2H3,(H,23,24). The first-order chi connectivity index (χ1) is 14.2. The summed E-state index contributed by atoms with van der Waals surface area (Å²) in [5.74, 6) is 1.27. The van der Waals surface area contributed by atoms with Crippen LogP contribution in [0.3, 0.4) is 0 Å². The monoisotopic (exact) mass is 397 g/mol. The topological polar surface area (TPSA) is 64.3 Å². The Morgan fingerprint density at radius 2 is 1.79 bits per heavy atom. The van der Waals surface area contributed by atoms with E-state index in [0.29, 0.717) is 18.8 Å². The number of anilines is 1. The van der Waals surface area contributed by atoms with E-state index in [1.54, 1.807) is 12.1 Å². The number of guanidine groups is 1. The number of piperazine rings is 1. The molecule has 7 heteroatoms. The van der Waals surface area contributed by atoms with Crippen LogP contribution in [0.1, 0.15) is 23.4 Å². The quantitative estimate of drug-likeness (QED) is 0.442. The molecule has 156 valence electrons. The summed E-state index contributed by atoms with van der Waals surface area (Å²) in [5.41, 5.74) is 1.25. The number of hydrogen-bond acceptors (Lipinski definition) is 4. The molecular weight excluding hydrogens is 366 g/mol. The highest BCUT2D eigenvalue weighted by Gasteiger charge is 2.24. The van der Waals surface area contributed by atoms with Crippen molar-refractivity contribution in [2.75, 3.05) is 58.3 Å². The van der Waals surface area contributed by atoms with Gasteiger partial charge in [0.2, 0.25) is 0 Å². The van der Waals surface area contributed by atoms with E-state index in [-0.39, 0.29) is 5.91 Å². The summed E-state index contributed by atoms with van der Waals surface area (Å²) in [6.07, 6.45) is 3.72. The van der Waals surface area contributed by atoms with Crippen molar-refractivity contribution in [1.29, 1.82) is 0 Å². The molecule has 29 heavy (non-hydrogen) atoms. The number of aliphatic imine (C=N–C) groups is 1. The molecule has 1 aromatic heterocycles. The molecule has 1 aromatic carbocycles. The maximum atomic E-state index is 12.4. The first-order valence-corrected chi connectivity index (χ1v) is 10.2. The summed E-state index contributed by atoms with van der Waals surface area (Å²) >= 11 is 0. The fraction of sp³-hybridized carbons (Fsp3) is 0.455. The van der Waals surface area contributed by atoms with Gasteiger partial charge in [-0.1, -0.05) is 18.2 Å². The van der Waals surface area contributed by atoms with Gasteiger partial charge in [0.05, 0.1) is 6.26 Å². The van der Waals surface area contributed by atoms with Crippen LogP contribution in [0.15, 0.2) is 58.1 Å². The molecule has 1 saturated heterocycles. The van der Waals surface area contributed by atoms with Crippen LogP contribution in [0.4, 0.5) is 5.69 Å². The first-order valence-electron chi connectivity index (χ1n) is 10.2. The number of nitrogens with one attached hydrogen (secondary N) is 1. The Hall–Kier alpha value is -2.96. The van der Waals surface area contributed by atoms with Gasteiger partial charge in [0, 0.05) is 59.1 Å². The third-order valence-electron chi connectivity index (χ3n) is 5.21. The van der Waals surface area contributed by atoms with Crippen molar-refractivity contribution < 1.29 is 9.21 Å². The lowest BCUT2D eigenvalue weighted by molar-refractivity contribution is 0.0657. The first kappa shape index (κ1) is 20.8. The van der Waals surface area contributed by atoms with E-state index in [2.05, 4.69) is 51.4 Å².